The zero-order valence-electron chi connectivity index (χ0n) is 10.8. The second kappa shape index (κ2) is 5.02. The third-order valence-electron chi connectivity index (χ3n) is 3.10. The first-order chi connectivity index (χ1) is 8.60. The van der Waals surface area contributed by atoms with Crippen molar-refractivity contribution in [3.63, 3.8) is 0 Å². The Bertz CT molecular complexity index is 646. The smallest absolute Gasteiger partial charge is 0.194 e. The molecule has 1 heterocycles. The number of methoxy groups -OCH3 is 1. The number of aromatic nitrogens is 1. The van der Waals surface area contributed by atoms with Crippen LogP contribution in [-0.2, 0) is 6.42 Å². The highest BCUT2D eigenvalue weighted by atomic mass is 35.5. The lowest BCUT2D eigenvalue weighted by Gasteiger charge is -2.11. The van der Waals surface area contributed by atoms with Gasteiger partial charge in [-0.2, -0.15) is 0 Å². The monoisotopic (exact) mass is 265 g/mol. The van der Waals surface area contributed by atoms with Crippen molar-refractivity contribution < 1.29 is 4.74 Å². The van der Waals surface area contributed by atoms with Crippen LogP contribution in [0, 0.1) is 6.92 Å². The van der Waals surface area contributed by atoms with E-state index in [2.05, 4.69) is 11.9 Å². The molecular weight excluding hydrogens is 250 g/mol. The number of pyridine rings is 1. The first-order valence-corrected chi connectivity index (χ1v) is 6.35. The van der Waals surface area contributed by atoms with Gasteiger partial charge in [0.25, 0.3) is 0 Å². The minimum Gasteiger partial charge on any atom is -0.495 e. The number of nitrogens with one attached hydrogen (secondary N) is 1. The molecule has 0 unspecified atom stereocenters. The molecule has 0 fully saturated rings. The summed E-state index contributed by atoms with van der Waals surface area (Å²) >= 11 is 6.14. The van der Waals surface area contributed by atoms with Crippen molar-refractivity contribution in [2.24, 2.45) is 0 Å². The highest BCUT2D eigenvalue weighted by Gasteiger charge is 2.14. The summed E-state index contributed by atoms with van der Waals surface area (Å²) in [6.07, 6.45) is 1.68. The van der Waals surface area contributed by atoms with Gasteiger partial charge in [-0.15, -0.1) is 0 Å². The van der Waals surface area contributed by atoms with Gasteiger partial charge in [-0.1, -0.05) is 24.9 Å². The summed E-state index contributed by atoms with van der Waals surface area (Å²) in [4.78, 5) is 15.7. The van der Waals surface area contributed by atoms with Gasteiger partial charge in [0.1, 0.15) is 5.75 Å². The highest BCUT2D eigenvalue weighted by Crippen LogP contribution is 2.28. The summed E-state index contributed by atoms with van der Waals surface area (Å²) in [6.45, 7) is 3.96. The lowest BCUT2D eigenvalue weighted by Crippen LogP contribution is -2.14. The van der Waals surface area contributed by atoms with E-state index in [1.807, 2.05) is 6.92 Å². The van der Waals surface area contributed by atoms with E-state index >= 15 is 0 Å². The van der Waals surface area contributed by atoms with Crippen molar-refractivity contribution in [1.82, 2.24) is 4.98 Å². The molecule has 2 aromatic rings. The number of H-pyrrole nitrogens is 1. The lowest BCUT2D eigenvalue weighted by atomic mass is 10.0. The number of aryl methyl sites for hydroxylation is 1. The van der Waals surface area contributed by atoms with E-state index in [1.165, 1.54) is 0 Å². The second-order valence-corrected chi connectivity index (χ2v) is 4.71. The van der Waals surface area contributed by atoms with Crippen LogP contribution in [0.15, 0.2) is 16.9 Å². The van der Waals surface area contributed by atoms with Crippen molar-refractivity contribution in [3.8, 4) is 5.75 Å². The van der Waals surface area contributed by atoms with Gasteiger partial charge in [0, 0.05) is 11.3 Å². The first-order valence-electron chi connectivity index (χ1n) is 5.98. The molecule has 0 aliphatic carbocycles. The number of rotatable bonds is 3. The molecule has 4 heteroatoms. The van der Waals surface area contributed by atoms with Gasteiger partial charge >= 0.3 is 0 Å². The molecule has 1 aromatic heterocycles. The van der Waals surface area contributed by atoms with Crippen LogP contribution in [0.3, 0.4) is 0 Å². The van der Waals surface area contributed by atoms with Gasteiger partial charge in [0.05, 0.1) is 23.0 Å². The Hall–Kier alpha value is -1.48. The molecule has 0 atom stereocenters. The first kappa shape index (κ1) is 13.0. The summed E-state index contributed by atoms with van der Waals surface area (Å²) in [5.74, 6) is 0.637. The zero-order valence-corrected chi connectivity index (χ0v) is 11.5. The minimum absolute atomic E-state index is 0.00648. The fourth-order valence-electron chi connectivity index (χ4n) is 2.21. The average molecular weight is 266 g/mol. The van der Waals surface area contributed by atoms with Crippen LogP contribution in [0.1, 0.15) is 24.6 Å². The Balaban J connectivity index is 2.90. The molecule has 96 valence electrons. The molecule has 1 N–H and O–H groups in total. The van der Waals surface area contributed by atoms with Gasteiger partial charge in [0.15, 0.2) is 5.43 Å². The van der Waals surface area contributed by atoms with Crippen LogP contribution < -0.4 is 10.2 Å². The fraction of sp³-hybridized carbons (Fsp3) is 0.357. The number of benzene rings is 1. The SMILES string of the molecule is CCCc1c(C)[nH]c2c(OC)ccc(Cl)c2c1=O. The molecule has 18 heavy (non-hydrogen) atoms. The predicted molar refractivity (Wildman–Crippen MR) is 74.9 cm³/mol. The molecule has 1 aromatic carbocycles. The second-order valence-electron chi connectivity index (χ2n) is 4.31. The molecule has 0 amide bonds. The number of hydrogen-bond acceptors (Lipinski definition) is 2. The maximum Gasteiger partial charge on any atom is 0.194 e. The largest absolute Gasteiger partial charge is 0.495 e. The molecule has 3 nitrogen and oxygen atoms in total. The molecule has 0 radical (unpaired) electrons. The van der Waals surface area contributed by atoms with Crippen molar-refractivity contribution in [1.29, 1.82) is 0 Å². The summed E-state index contributed by atoms with van der Waals surface area (Å²) in [5, 5.41) is 0.981. The predicted octanol–water partition coefficient (Wildman–Crippen LogP) is 3.45. The summed E-state index contributed by atoms with van der Waals surface area (Å²) in [6, 6.07) is 3.46. The zero-order chi connectivity index (χ0) is 13.3. The fourth-order valence-corrected chi connectivity index (χ4v) is 2.45. The molecular formula is C14H16ClNO2. The normalized spacial score (nSPS) is 10.9. The highest BCUT2D eigenvalue weighted by molar-refractivity contribution is 6.35. The van der Waals surface area contributed by atoms with Crippen LogP contribution >= 0.6 is 11.6 Å². The van der Waals surface area contributed by atoms with Crippen LogP contribution in [0.2, 0.25) is 5.02 Å². The van der Waals surface area contributed by atoms with E-state index in [1.54, 1.807) is 19.2 Å². The number of aromatic amines is 1. The minimum atomic E-state index is 0.00648. The van der Waals surface area contributed by atoms with Crippen molar-refractivity contribution in [2.45, 2.75) is 26.7 Å². The van der Waals surface area contributed by atoms with E-state index in [9.17, 15) is 4.79 Å². The molecule has 0 aliphatic heterocycles. The average Bonchev–Trinajstić information content (AvgIpc) is 2.34. The molecule has 0 bridgehead atoms. The van der Waals surface area contributed by atoms with E-state index < -0.39 is 0 Å². The summed E-state index contributed by atoms with van der Waals surface area (Å²) in [7, 11) is 1.58. The van der Waals surface area contributed by atoms with Gasteiger partial charge < -0.3 is 9.72 Å². The van der Waals surface area contributed by atoms with Gasteiger partial charge in [-0.25, -0.2) is 0 Å². The van der Waals surface area contributed by atoms with Crippen LogP contribution in [0.5, 0.6) is 5.75 Å². The number of halogens is 1. The Morgan fingerprint density at radius 2 is 2.11 bits per heavy atom. The molecule has 0 saturated heterocycles. The Morgan fingerprint density at radius 1 is 1.39 bits per heavy atom. The van der Waals surface area contributed by atoms with Crippen LogP contribution in [0.4, 0.5) is 0 Å². The van der Waals surface area contributed by atoms with Crippen LogP contribution in [0.25, 0.3) is 10.9 Å². The third kappa shape index (κ3) is 1.99. The Labute approximate surface area is 111 Å². The maximum atomic E-state index is 12.5. The number of ether oxygens (including phenoxy) is 1. The van der Waals surface area contributed by atoms with E-state index in [-0.39, 0.29) is 5.43 Å². The van der Waals surface area contributed by atoms with Crippen LogP contribution in [-0.4, -0.2) is 12.1 Å². The maximum absolute atomic E-state index is 12.5. The van der Waals surface area contributed by atoms with E-state index in [0.717, 1.165) is 24.1 Å². The summed E-state index contributed by atoms with van der Waals surface area (Å²) < 4.78 is 5.26. The molecule has 0 aliphatic rings. The number of hydrogen-bond donors (Lipinski definition) is 1. The lowest BCUT2D eigenvalue weighted by molar-refractivity contribution is 0.419. The van der Waals surface area contributed by atoms with E-state index in [4.69, 9.17) is 16.3 Å². The summed E-state index contributed by atoms with van der Waals surface area (Å²) in [5.41, 5.74) is 2.37. The number of fused-ring (bicyclic) bond motifs is 1. The molecule has 0 spiro atoms. The van der Waals surface area contributed by atoms with Crippen molar-refractivity contribution in [2.75, 3.05) is 7.11 Å². The Kier molecular flexibility index (Phi) is 3.62. The van der Waals surface area contributed by atoms with Crippen molar-refractivity contribution in [3.05, 3.63) is 38.6 Å². The molecule has 2 rings (SSSR count). The van der Waals surface area contributed by atoms with E-state index in [0.29, 0.717) is 21.7 Å². The molecule has 0 saturated carbocycles. The van der Waals surface area contributed by atoms with Gasteiger partial charge in [0.2, 0.25) is 0 Å². The van der Waals surface area contributed by atoms with Crippen molar-refractivity contribution >= 4 is 22.5 Å². The van der Waals surface area contributed by atoms with Gasteiger partial charge in [-0.3, -0.25) is 4.79 Å². The third-order valence-corrected chi connectivity index (χ3v) is 3.42. The van der Waals surface area contributed by atoms with Gasteiger partial charge in [-0.05, 0) is 25.5 Å². The Morgan fingerprint density at radius 3 is 2.72 bits per heavy atom. The standard InChI is InChI=1S/C14H16ClNO2/c1-4-5-9-8(2)16-13-11(18-3)7-6-10(15)12(13)14(9)17/h6-7H,4-5H2,1-3H3,(H,16,17). The quantitative estimate of drug-likeness (QED) is 0.924. The topological polar surface area (TPSA) is 42.1 Å².